The van der Waals surface area contributed by atoms with Crippen LogP contribution in [0.2, 0.25) is 0 Å². The van der Waals surface area contributed by atoms with Gasteiger partial charge in [-0.2, -0.15) is 0 Å². The molecular formula is C18H20N4O3S. The fourth-order valence-corrected chi connectivity index (χ4v) is 3.30. The number of rotatable bonds is 7. The number of hydrogen-bond acceptors (Lipinski definition) is 6. The van der Waals surface area contributed by atoms with E-state index in [9.17, 15) is 9.90 Å². The Morgan fingerprint density at radius 2 is 2.08 bits per heavy atom. The van der Waals surface area contributed by atoms with Gasteiger partial charge in [-0.3, -0.25) is 0 Å². The fraction of sp³-hybridized carbons (Fsp3) is 0.278. The van der Waals surface area contributed by atoms with Gasteiger partial charge in [-0.25, -0.2) is 14.3 Å². The van der Waals surface area contributed by atoms with Crippen molar-refractivity contribution in [2.75, 3.05) is 11.9 Å². The summed E-state index contributed by atoms with van der Waals surface area (Å²) in [5.41, 5.74) is 2.59. The Bertz CT molecular complexity index is 928. The molecule has 0 unspecified atom stereocenters. The number of imidazole rings is 1. The number of nitrogens with zero attached hydrogens (tertiary/aromatic N) is 3. The second-order valence-electron chi connectivity index (χ2n) is 6.22. The Morgan fingerprint density at radius 1 is 1.35 bits per heavy atom. The van der Waals surface area contributed by atoms with E-state index in [1.807, 2.05) is 38.1 Å². The first-order valence-corrected chi connectivity index (χ1v) is 9.03. The monoisotopic (exact) mass is 372 g/mol. The van der Waals surface area contributed by atoms with Gasteiger partial charge >= 0.3 is 5.97 Å². The quantitative estimate of drug-likeness (QED) is 0.551. The van der Waals surface area contributed by atoms with E-state index in [1.54, 1.807) is 16.8 Å². The number of aliphatic hydroxyl groups is 1. The Labute approximate surface area is 154 Å². The van der Waals surface area contributed by atoms with Gasteiger partial charge in [-0.15, -0.1) is 5.10 Å². The Morgan fingerprint density at radius 3 is 2.69 bits per heavy atom. The molecule has 0 saturated carbocycles. The molecule has 0 aliphatic carbocycles. The summed E-state index contributed by atoms with van der Waals surface area (Å²) < 4.78 is 1.77. The summed E-state index contributed by atoms with van der Waals surface area (Å²) in [6.45, 7) is 4.12. The predicted octanol–water partition coefficient (Wildman–Crippen LogP) is 2.98. The lowest BCUT2D eigenvalue weighted by molar-refractivity contribution is -0.131. The third kappa shape index (κ3) is 3.92. The molecule has 7 nitrogen and oxygen atoms in total. The van der Waals surface area contributed by atoms with Crippen LogP contribution in [0.25, 0.3) is 22.3 Å². The number of nitrogens with one attached hydrogen (secondary N) is 1. The van der Waals surface area contributed by atoms with Crippen LogP contribution in [0, 0.1) is 5.92 Å². The summed E-state index contributed by atoms with van der Waals surface area (Å²) in [4.78, 5) is 15.8. The number of aliphatic hydroxyl groups excluding tert-OH is 1. The van der Waals surface area contributed by atoms with Crippen LogP contribution in [-0.2, 0) is 4.79 Å². The lowest BCUT2D eigenvalue weighted by Crippen LogP contribution is -2.29. The minimum Gasteiger partial charge on any atom is -0.478 e. The van der Waals surface area contributed by atoms with E-state index in [1.165, 1.54) is 11.3 Å². The van der Waals surface area contributed by atoms with Crippen molar-refractivity contribution in [3.05, 3.63) is 42.1 Å². The zero-order valence-corrected chi connectivity index (χ0v) is 15.3. The first-order valence-electron chi connectivity index (χ1n) is 8.21. The van der Waals surface area contributed by atoms with Crippen molar-refractivity contribution in [1.82, 2.24) is 14.6 Å². The first-order chi connectivity index (χ1) is 12.5. The Kier molecular flexibility index (Phi) is 5.34. The van der Waals surface area contributed by atoms with Crippen LogP contribution in [0.15, 0.2) is 36.5 Å². The van der Waals surface area contributed by atoms with Crippen molar-refractivity contribution in [2.24, 2.45) is 5.92 Å². The number of carboxylic acid groups (broad SMARTS) is 1. The molecular weight excluding hydrogens is 352 g/mol. The minimum absolute atomic E-state index is 0.0394. The number of anilines is 1. The minimum atomic E-state index is -0.975. The molecule has 2 aromatic heterocycles. The van der Waals surface area contributed by atoms with Crippen molar-refractivity contribution in [3.8, 4) is 11.3 Å². The second kappa shape index (κ2) is 7.67. The van der Waals surface area contributed by atoms with E-state index in [0.717, 1.165) is 27.9 Å². The highest BCUT2D eigenvalue weighted by Crippen LogP contribution is 2.27. The first kappa shape index (κ1) is 18.1. The highest BCUT2D eigenvalue weighted by molar-refractivity contribution is 7.20. The van der Waals surface area contributed by atoms with Crippen LogP contribution < -0.4 is 5.32 Å². The number of aliphatic carboxylic acids is 1. The Hall–Kier alpha value is -2.71. The normalized spacial score (nSPS) is 12.9. The molecule has 26 heavy (non-hydrogen) atoms. The van der Waals surface area contributed by atoms with E-state index in [0.29, 0.717) is 5.13 Å². The number of aromatic nitrogens is 3. The molecule has 2 heterocycles. The highest BCUT2D eigenvalue weighted by atomic mass is 32.1. The summed E-state index contributed by atoms with van der Waals surface area (Å²) >= 11 is 1.43. The fourth-order valence-electron chi connectivity index (χ4n) is 2.46. The van der Waals surface area contributed by atoms with Crippen molar-refractivity contribution in [3.63, 3.8) is 0 Å². The molecule has 0 fully saturated rings. The zero-order valence-electron chi connectivity index (χ0n) is 14.5. The van der Waals surface area contributed by atoms with Gasteiger partial charge < -0.3 is 15.5 Å². The third-order valence-electron chi connectivity index (χ3n) is 4.02. The average Bonchev–Trinajstić information content (AvgIpc) is 3.18. The number of hydrogen-bond donors (Lipinski definition) is 3. The van der Waals surface area contributed by atoms with Crippen LogP contribution in [0.1, 0.15) is 19.4 Å². The maximum atomic E-state index is 10.6. The molecule has 0 aliphatic heterocycles. The molecule has 0 spiro atoms. The molecule has 3 N–H and O–H groups in total. The van der Waals surface area contributed by atoms with Crippen molar-refractivity contribution in [2.45, 2.75) is 19.9 Å². The van der Waals surface area contributed by atoms with Crippen molar-refractivity contribution < 1.29 is 15.0 Å². The Balaban J connectivity index is 1.85. The number of carboxylic acids is 1. The number of fused-ring (bicyclic) bond motifs is 1. The molecule has 8 heteroatoms. The molecule has 1 atom stereocenters. The van der Waals surface area contributed by atoms with E-state index in [4.69, 9.17) is 5.11 Å². The topological polar surface area (TPSA) is 99.8 Å². The van der Waals surface area contributed by atoms with Crippen LogP contribution >= 0.6 is 11.3 Å². The summed E-state index contributed by atoms with van der Waals surface area (Å²) in [7, 11) is 0. The van der Waals surface area contributed by atoms with E-state index in [2.05, 4.69) is 15.4 Å². The van der Waals surface area contributed by atoms with Crippen molar-refractivity contribution in [1.29, 1.82) is 0 Å². The predicted molar refractivity (Wildman–Crippen MR) is 102 cm³/mol. The van der Waals surface area contributed by atoms with Gasteiger partial charge in [0.1, 0.15) is 0 Å². The maximum Gasteiger partial charge on any atom is 0.328 e. The van der Waals surface area contributed by atoms with Crippen LogP contribution in [0.3, 0.4) is 0 Å². The molecule has 1 aromatic carbocycles. The average molecular weight is 372 g/mol. The van der Waals surface area contributed by atoms with Gasteiger partial charge in [0, 0.05) is 11.6 Å². The van der Waals surface area contributed by atoms with E-state index < -0.39 is 5.97 Å². The summed E-state index contributed by atoms with van der Waals surface area (Å²) in [5.74, 6) is -0.696. The second-order valence-corrected chi connectivity index (χ2v) is 7.17. The number of benzene rings is 1. The molecule has 0 saturated heterocycles. The SMILES string of the molecule is CC(C)[C@@H](CO)Nc1nn2c(-c3ccc(/C=C/C(=O)O)cc3)cnc2s1. The summed E-state index contributed by atoms with van der Waals surface area (Å²) in [5, 5.41) is 26.7. The molecule has 0 aliphatic rings. The van der Waals surface area contributed by atoms with Crippen molar-refractivity contribution >= 4 is 33.5 Å². The van der Waals surface area contributed by atoms with E-state index in [-0.39, 0.29) is 18.6 Å². The molecule has 3 rings (SSSR count). The van der Waals surface area contributed by atoms with Crippen LogP contribution in [0.5, 0.6) is 0 Å². The lowest BCUT2D eigenvalue weighted by atomic mass is 10.1. The van der Waals surface area contributed by atoms with Crippen LogP contribution in [0.4, 0.5) is 5.13 Å². The largest absolute Gasteiger partial charge is 0.478 e. The zero-order chi connectivity index (χ0) is 18.7. The molecule has 3 aromatic rings. The highest BCUT2D eigenvalue weighted by Gasteiger charge is 2.16. The summed E-state index contributed by atoms with van der Waals surface area (Å²) in [6, 6.07) is 7.44. The molecule has 0 bridgehead atoms. The molecule has 136 valence electrons. The number of carbonyl (C=O) groups is 1. The molecule has 0 radical (unpaired) electrons. The third-order valence-corrected chi connectivity index (χ3v) is 4.87. The van der Waals surface area contributed by atoms with Gasteiger partial charge in [0.15, 0.2) is 0 Å². The van der Waals surface area contributed by atoms with Gasteiger partial charge in [0.2, 0.25) is 10.1 Å². The standard InChI is InChI=1S/C18H20N4O3S/c1-11(2)14(10-23)20-17-21-22-15(9-19-18(22)26-17)13-6-3-12(4-7-13)5-8-16(24)25/h3-9,11,14,23H,10H2,1-2H3,(H,20,21)(H,24,25)/b8-5+/t14-/m1/s1. The smallest absolute Gasteiger partial charge is 0.328 e. The molecule has 0 amide bonds. The van der Waals surface area contributed by atoms with Gasteiger partial charge in [-0.1, -0.05) is 49.4 Å². The van der Waals surface area contributed by atoms with Crippen LogP contribution in [-0.4, -0.2) is 43.4 Å². The van der Waals surface area contributed by atoms with E-state index >= 15 is 0 Å². The van der Waals surface area contributed by atoms with Gasteiger partial charge in [0.05, 0.1) is 24.5 Å². The van der Waals surface area contributed by atoms with Gasteiger partial charge in [0.25, 0.3) is 0 Å². The van der Waals surface area contributed by atoms with Gasteiger partial charge in [-0.05, 0) is 17.6 Å². The maximum absolute atomic E-state index is 10.6. The lowest BCUT2D eigenvalue weighted by Gasteiger charge is -2.18. The summed E-state index contributed by atoms with van der Waals surface area (Å²) in [6.07, 6.45) is 4.41.